The number of nitrogens with one attached hydrogen (secondary N) is 1. The van der Waals surface area contributed by atoms with Gasteiger partial charge < -0.3 is 19.9 Å². The summed E-state index contributed by atoms with van der Waals surface area (Å²) in [6.07, 6.45) is 1.07. The zero-order valence-electron chi connectivity index (χ0n) is 15.9. The summed E-state index contributed by atoms with van der Waals surface area (Å²) in [5.74, 6) is -0.120. The second-order valence-electron chi connectivity index (χ2n) is 7.80. The van der Waals surface area contributed by atoms with Crippen molar-refractivity contribution < 1.29 is 19.5 Å². The van der Waals surface area contributed by atoms with Crippen LogP contribution in [0.5, 0.6) is 0 Å². The number of β-amino-alcohol motifs (C(OH)–C–C–N with tert-alkyl or cyclic N) is 1. The Bertz CT molecular complexity index is 759. The number of piperidine rings is 2. The summed E-state index contributed by atoms with van der Waals surface area (Å²) in [7, 11) is 1.72. The van der Waals surface area contributed by atoms with Crippen LogP contribution in [-0.2, 0) is 4.79 Å². The van der Waals surface area contributed by atoms with Gasteiger partial charge in [-0.25, -0.2) is 0 Å². The average molecular weight is 361 g/mol. The van der Waals surface area contributed by atoms with E-state index in [2.05, 4.69) is 4.98 Å². The van der Waals surface area contributed by atoms with E-state index in [4.69, 9.17) is 0 Å². The molecule has 1 unspecified atom stereocenters. The third-order valence-electron chi connectivity index (χ3n) is 5.92. The fraction of sp³-hybridized carbons (Fsp3) is 0.632. The smallest absolute Gasteiger partial charge is 0.255 e. The van der Waals surface area contributed by atoms with Crippen LogP contribution in [0, 0.1) is 19.3 Å². The highest BCUT2D eigenvalue weighted by molar-refractivity contribution is 6.02. The van der Waals surface area contributed by atoms with Crippen molar-refractivity contribution in [3.8, 4) is 0 Å². The van der Waals surface area contributed by atoms with Crippen LogP contribution in [0.1, 0.15) is 58.3 Å². The second-order valence-corrected chi connectivity index (χ2v) is 7.80. The van der Waals surface area contributed by atoms with Gasteiger partial charge in [-0.15, -0.1) is 0 Å². The molecule has 2 amide bonds. The molecule has 2 aliphatic rings. The minimum Gasteiger partial charge on any atom is -0.391 e. The van der Waals surface area contributed by atoms with E-state index in [0.29, 0.717) is 61.4 Å². The van der Waals surface area contributed by atoms with Crippen molar-refractivity contribution in [3.05, 3.63) is 22.5 Å². The standard InChI is InChI=1S/C19H27N3O4/c1-11-15(12(2)20-16(11)13(3)23)17(25)22-7-5-19(6-8-22)9-14(24)10-21(4)18(19)26/h14,20,24H,5-10H2,1-4H3. The number of aromatic amines is 1. The van der Waals surface area contributed by atoms with Gasteiger partial charge >= 0.3 is 0 Å². The molecule has 142 valence electrons. The summed E-state index contributed by atoms with van der Waals surface area (Å²) in [5.41, 5.74) is 1.85. The van der Waals surface area contributed by atoms with E-state index in [9.17, 15) is 19.5 Å². The first-order valence-corrected chi connectivity index (χ1v) is 9.09. The van der Waals surface area contributed by atoms with E-state index in [0.717, 1.165) is 0 Å². The van der Waals surface area contributed by atoms with E-state index in [1.165, 1.54) is 6.92 Å². The lowest BCUT2D eigenvalue weighted by Crippen LogP contribution is -2.56. The van der Waals surface area contributed by atoms with Crippen LogP contribution in [0.15, 0.2) is 0 Å². The molecule has 2 saturated heterocycles. The van der Waals surface area contributed by atoms with E-state index in [1.807, 2.05) is 0 Å². The summed E-state index contributed by atoms with van der Waals surface area (Å²) in [6, 6.07) is 0. The predicted molar refractivity (Wildman–Crippen MR) is 96.1 cm³/mol. The number of hydrogen-bond acceptors (Lipinski definition) is 4. The quantitative estimate of drug-likeness (QED) is 0.776. The van der Waals surface area contributed by atoms with Crippen molar-refractivity contribution in [2.24, 2.45) is 5.41 Å². The van der Waals surface area contributed by atoms with Crippen molar-refractivity contribution in [1.29, 1.82) is 0 Å². The number of rotatable bonds is 2. The van der Waals surface area contributed by atoms with Crippen LogP contribution in [0.4, 0.5) is 0 Å². The minimum absolute atomic E-state index is 0.0720. The van der Waals surface area contributed by atoms with Crippen LogP contribution in [0.3, 0.4) is 0 Å². The number of likely N-dealkylation sites (tertiary alicyclic amines) is 2. The molecule has 7 nitrogen and oxygen atoms in total. The summed E-state index contributed by atoms with van der Waals surface area (Å²) < 4.78 is 0. The van der Waals surface area contributed by atoms with Crippen LogP contribution in [0.25, 0.3) is 0 Å². The average Bonchev–Trinajstić information content (AvgIpc) is 2.87. The van der Waals surface area contributed by atoms with Gasteiger partial charge in [0, 0.05) is 39.3 Å². The number of hydrogen-bond donors (Lipinski definition) is 2. The number of aliphatic hydroxyl groups is 1. The van der Waals surface area contributed by atoms with Crippen molar-refractivity contribution in [2.45, 2.75) is 46.1 Å². The van der Waals surface area contributed by atoms with Crippen molar-refractivity contribution in [3.63, 3.8) is 0 Å². The summed E-state index contributed by atoms with van der Waals surface area (Å²) in [4.78, 5) is 43.7. The Kier molecular flexibility index (Phi) is 4.69. The molecule has 3 heterocycles. The SMILES string of the molecule is CC(=O)c1[nH]c(C)c(C(=O)N2CCC3(CC2)CC(O)CN(C)C3=O)c1C. The van der Waals surface area contributed by atoms with Crippen molar-refractivity contribution in [1.82, 2.24) is 14.8 Å². The molecule has 0 radical (unpaired) electrons. The van der Waals surface area contributed by atoms with Gasteiger partial charge in [-0.05, 0) is 38.7 Å². The fourth-order valence-corrected chi connectivity index (χ4v) is 4.54. The molecule has 1 aromatic heterocycles. The minimum atomic E-state index is -0.560. The maximum absolute atomic E-state index is 13.0. The highest BCUT2D eigenvalue weighted by Gasteiger charge is 2.48. The van der Waals surface area contributed by atoms with Crippen molar-refractivity contribution >= 4 is 17.6 Å². The molecule has 2 fully saturated rings. The summed E-state index contributed by atoms with van der Waals surface area (Å²) in [5, 5.41) is 10.1. The third kappa shape index (κ3) is 2.94. The van der Waals surface area contributed by atoms with Gasteiger partial charge in [0.2, 0.25) is 5.91 Å². The maximum Gasteiger partial charge on any atom is 0.255 e. The highest BCUT2D eigenvalue weighted by atomic mass is 16.3. The van der Waals surface area contributed by atoms with Gasteiger partial charge in [0.15, 0.2) is 5.78 Å². The zero-order chi connectivity index (χ0) is 19.2. The van der Waals surface area contributed by atoms with Crippen LogP contribution in [-0.4, -0.2) is 70.3 Å². The molecular formula is C19H27N3O4. The van der Waals surface area contributed by atoms with E-state index >= 15 is 0 Å². The Morgan fingerprint density at radius 3 is 2.38 bits per heavy atom. The molecule has 0 aromatic carbocycles. The highest BCUT2D eigenvalue weighted by Crippen LogP contribution is 2.41. The van der Waals surface area contributed by atoms with Crippen LogP contribution in [0.2, 0.25) is 0 Å². The molecule has 3 rings (SSSR count). The first-order chi connectivity index (χ1) is 12.2. The molecule has 26 heavy (non-hydrogen) atoms. The van der Waals surface area contributed by atoms with Gasteiger partial charge in [0.05, 0.1) is 22.8 Å². The Balaban J connectivity index is 1.77. The largest absolute Gasteiger partial charge is 0.391 e. The normalized spacial score (nSPS) is 22.8. The number of aryl methyl sites for hydroxylation is 1. The van der Waals surface area contributed by atoms with E-state index in [1.54, 1.807) is 30.7 Å². The number of amides is 2. The number of carbonyl (C=O) groups is 3. The number of H-pyrrole nitrogens is 1. The topological polar surface area (TPSA) is 93.7 Å². The van der Waals surface area contributed by atoms with Crippen LogP contribution < -0.4 is 0 Å². The molecule has 7 heteroatoms. The number of nitrogens with zero attached hydrogens (tertiary/aromatic N) is 2. The fourth-order valence-electron chi connectivity index (χ4n) is 4.54. The zero-order valence-corrected chi connectivity index (χ0v) is 15.9. The Morgan fingerprint density at radius 2 is 1.85 bits per heavy atom. The molecule has 2 N–H and O–H groups in total. The summed E-state index contributed by atoms with van der Waals surface area (Å²) in [6.45, 7) is 6.39. The number of carbonyl (C=O) groups excluding carboxylic acids is 3. The summed E-state index contributed by atoms with van der Waals surface area (Å²) >= 11 is 0. The Hall–Kier alpha value is -2.15. The monoisotopic (exact) mass is 361 g/mol. The molecular weight excluding hydrogens is 334 g/mol. The number of Topliss-reactive ketones (excluding diaryl/α,β-unsaturated/α-hetero) is 1. The Labute approximate surface area is 153 Å². The Morgan fingerprint density at radius 1 is 1.23 bits per heavy atom. The predicted octanol–water partition coefficient (Wildman–Crippen LogP) is 1.28. The molecule has 0 saturated carbocycles. The third-order valence-corrected chi connectivity index (χ3v) is 5.92. The van der Waals surface area contributed by atoms with Gasteiger partial charge in [-0.1, -0.05) is 0 Å². The molecule has 2 aliphatic heterocycles. The number of aromatic nitrogens is 1. The lowest BCUT2D eigenvalue weighted by molar-refractivity contribution is -0.154. The van der Waals surface area contributed by atoms with Gasteiger partial charge in [0.25, 0.3) is 5.91 Å². The van der Waals surface area contributed by atoms with E-state index < -0.39 is 11.5 Å². The second kappa shape index (κ2) is 6.54. The number of likely N-dealkylation sites (N-methyl/N-ethyl adjacent to an activating group) is 1. The number of aliphatic hydroxyl groups excluding tert-OH is 1. The molecule has 1 atom stereocenters. The van der Waals surface area contributed by atoms with Crippen molar-refractivity contribution in [2.75, 3.05) is 26.7 Å². The first-order valence-electron chi connectivity index (χ1n) is 9.09. The van der Waals surface area contributed by atoms with Gasteiger partial charge in [-0.2, -0.15) is 0 Å². The van der Waals surface area contributed by atoms with Gasteiger partial charge in [0.1, 0.15) is 0 Å². The first kappa shape index (κ1) is 18.6. The molecule has 0 aliphatic carbocycles. The lowest BCUT2D eigenvalue weighted by Gasteiger charge is -2.47. The molecule has 1 spiro atoms. The van der Waals surface area contributed by atoms with E-state index in [-0.39, 0.29) is 17.6 Å². The molecule has 0 bridgehead atoms. The molecule has 1 aromatic rings. The maximum atomic E-state index is 13.0. The van der Waals surface area contributed by atoms with Crippen LogP contribution >= 0.6 is 0 Å². The van der Waals surface area contributed by atoms with Gasteiger partial charge in [-0.3, -0.25) is 14.4 Å². The number of ketones is 1. The lowest BCUT2D eigenvalue weighted by atomic mass is 9.71.